The summed E-state index contributed by atoms with van der Waals surface area (Å²) >= 11 is 0. The van der Waals surface area contributed by atoms with Gasteiger partial charge in [0, 0.05) is 0 Å². The van der Waals surface area contributed by atoms with Gasteiger partial charge >= 0.3 is 0 Å². The number of nitrogens with zero attached hydrogens (tertiary/aromatic N) is 2. The van der Waals surface area contributed by atoms with Gasteiger partial charge in [-0.25, -0.2) is 5.06 Å². The number of fused-ring (bicyclic) bond motifs is 1. The van der Waals surface area contributed by atoms with Crippen LogP contribution in [0.1, 0.15) is 43.9 Å². The van der Waals surface area contributed by atoms with Crippen LogP contribution < -0.4 is 14.5 Å². The van der Waals surface area contributed by atoms with Crippen molar-refractivity contribution in [3.63, 3.8) is 0 Å². The second-order valence-electron chi connectivity index (χ2n) is 9.25. The van der Waals surface area contributed by atoms with E-state index in [4.69, 9.17) is 14.3 Å². The lowest BCUT2D eigenvalue weighted by molar-refractivity contribution is -0.143. The maximum atomic E-state index is 13.8. The summed E-state index contributed by atoms with van der Waals surface area (Å²) in [5.74, 6) is 0.0545. The number of para-hydroxylation sites is 1. The molecule has 2 heterocycles. The Balaban J connectivity index is 1.51. The second kappa shape index (κ2) is 11.0. The minimum atomic E-state index is -0.891. The number of benzene rings is 3. The van der Waals surface area contributed by atoms with Crippen molar-refractivity contribution in [1.29, 1.82) is 0 Å². The summed E-state index contributed by atoms with van der Waals surface area (Å²) in [5.41, 5.74) is 2.50. The third-order valence-corrected chi connectivity index (χ3v) is 6.77. The van der Waals surface area contributed by atoms with Gasteiger partial charge in [-0.15, -0.1) is 0 Å². The molecule has 0 saturated carbocycles. The molecule has 37 heavy (non-hydrogen) atoms. The number of unbranched alkanes of at least 4 members (excludes halogenated alkanes) is 1. The molecule has 2 aliphatic rings. The number of amides is 2. The van der Waals surface area contributed by atoms with Crippen LogP contribution in [0.3, 0.4) is 0 Å². The molecule has 0 unspecified atom stereocenters. The monoisotopic (exact) mass is 500 g/mol. The van der Waals surface area contributed by atoms with E-state index < -0.39 is 18.1 Å². The minimum Gasteiger partial charge on any atom is -0.490 e. The number of hydrogen-bond donors (Lipinski definition) is 0. The first kappa shape index (κ1) is 24.8. The molecular formula is C30H32N2O5. The van der Waals surface area contributed by atoms with Crippen molar-refractivity contribution in [2.75, 3.05) is 18.3 Å². The van der Waals surface area contributed by atoms with Crippen LogP contribution in [-0.4, -0.2) is 36.0 Å². The summed E-state index contributed by atoms with van der Waals surface area (Å²) in [4.78, 5) is 34.8. The molecule has 7 heteroatoms. The summed E-state index contributed by atoms with van der Waals surface area (Å²) < 4.78 is 11.9. The quantitative estimate of drug-likeness (QED) is 0.278. The van der Waals surface area contributed by atoms with E-state index in [-0.39, 0.29) is 18.4 Å². The van der Waals surface area contributed by atoms with Crippen molar-refractivity contribution in [2.24, 2.45) is 5.92 Å². The smallest absolute Gasteiger partial charge is 0.262 e. The predicted molar refractivity (Wildman–Crippen MR) is 140 cm³/mol. The number of imide groups is 1. The van der Waals surface area contributed by atoms with Crippen molar-refractivity contribution in [3.05, 3.63) is 90.0 Å². The molecule has 3 aromatic carbocycles. The summed E-state index contributed by atoms with van der Waals surface area (Å²) in [5, 5.41) is 1.70. The van der Waals surface area contributed by atoms with Crippen molar-refractivity contribution in [2.45, 2.75) is 45.4 Å². The van der Waals surface area contributed by atoms with Gasteiger partial charge in [-0.2, -0.15) is 0 Å². The first-order valence-electron chi connectivity index (χ1n) is 12.9. The highest BCUT2D eigenvalue weighted by Crippen LogP contribution is 2.48. The summed E-state index contributed by atoms with van der Waals surface area (Å²) in [6.45, 7) is 5.34. The Bertz CT molecular complexity index is 1230. The molecule has 0 radical (unpaired) electrons. The number of likely N-dealkylation sites (tertiary alicyclic amines) is 1. The lowest BCUT2D eigenvalue weighted by atomic mass is 9.90. The molecule has 2 saturated heterocycles. The molecule has 192 valence electrons. The zero-order valence-corrected chi connectivity index (χ0v) is 21.2. The highest BCUT2D eigenvalue weighted by molar-refractivity contribution is 6.07. The van der Waals surface area contributed by atoms with Crippen LogP contribution in [-0.2, 0) is 21.0 Å². The van der Waals surface area contributed by atoms with Crippen molar-refractivity contribution >= 4 is 17.5 Å². The van der Waals surface area contributed by atoms with Gasteiger partial charge in [-0.1, -0.05) is 67.9 Å². The lowest BCUT2D eigenvalue weighted by Crippen LogP contribution is -2.36. The van der Waals surface area contributed by atoms with Crippen LogP contribution in [0.2, 0.25) is 0 Å². The number of rotatable bonds is 10. The van der Waals surface area contributed by atoms with Gasteiger partial charge in [0.1, 0.15) is 5.92 Å². The average Bonchev–Trinajstić information content (AvgIpc) is 3.43. The van der Waals surface area contributed by atoms with E-state index in [1.165, 1.54) is 4.90 Å². The lowest BCUT2D eigenvalue weighted by Gasteiger charge is -2.29. The fraction of sp³-hybridized carbons (Fsp3) is 0.333. The number of carbonyl (C=O) groups is 2. The number of ether oxygens (including phenoxy) is 2. The average molecular weight is 501 g/mol. The molecule has 0 aromatic heterocycles. The zero-order chi connectivity index (χ0) is 25.8. The number of hydrogen-bond acceptors (Lipinski definition) is 6. The van der Waals surface area contributed by atoms with Crippen LogP contribution >= 0.6 is 0 Å². The summed E-state index contributed by atoms with van der Waals surface area (Å²) in [7, 11) is 0. The second-order valence-corrected chi connectivity index (χ2v) is 9.25. The Kier molecular flexibility index (Phi) is 7.42. The molecule has 2 aliphatic heterocycles. The molecule has 0 N–H and O–H groups in total. The van der Waals surface area contributed by atoms with E-state index in [2.05, 4.69) is 6.92 Å². The Morgan fingerprint density at radius 3 is 2.27 bits per heavy atom. The standard InChI is InChI=1S/C30H32N2O5/c1-3-5-18-36-24-17-16-22(19-25(24)35-4-2)27-26-28(37-32(27)23-14-10-7-11-15-23)30(34)31(29(26)33)20-21-12-8-6-9-13-21/h6-17,19,26-28H,3-5,18,20H2,1-2H3/t26-,27+,28-/m0/s1. The van der Waals surface area contributed by atoms with Crippen molar-refractivity contribution in [1.82, 2.24) is 4.90 Å². The van der Waals surface area contributed by atoms with Gasteiger partial charge in [-0.05, 0) is 48.7 Å². The van der Waals surface area contributed by atoms with Gasteiger partial charge in [0.05, 0.1) is 31.5 Å². The highest BCUT2D eigenvalue weighted by atomic mass is 16.7. The van der Waals surface area contributed by atoms with Gasteiger partial charge in [0.2, 0.25) is 5.91 Å². The van der Waals surface area contributed by atoms with Crippen LogP contribution in [0.4, 0.5) is 5.69 Å². The van der Waals surface area contributed by atoms with E-state index in [1.807, 2.05) is 85.8 Å². The molecule has 0 bridgehead atoms. The van der Waals surface area contributed by atoms with Gasteiger partial charge in [-0.3, -0.25) is 19.3 Å². The van der Waals surface area contributed by atoms with Crippen LogP contribution in [0.25, 0.3) is 0 Å². The Labute approximate surface area is 217 Å². The van der Waals surface area contributed by atoms with Crippen molar-refractivity contribution < 1.29 is 23.9 Å². The van der Waals surface area contributed by atoms with Gasteiger partial charge in [0.15, 0.2) is 17.6 Å². The van der Waals surface area contributed by atoms with Gasteiger partial charge < -0.3 is 9.47 Å². The molecule has 7 nitrogen and oxygen atoms in total. The minimum absolute atomic E-state index is 0.224. The molecule has 3 aromatic rings. The molecule has 2 fully saturated rings. The number of carbonyl (C=O) groups excluding carboxylic acids is 2. The van der Waals surface area contributed by atoms with Crippen LogP contribution in [0, 0.1) is 5.92 Å². The Morgan fingerprint density at radius 2 is 1.57 bits per heavy atom. The van der Waals surface area contributed by atoms with Crippen LogP contribution in [0.5, 0.6) is 11.5 Å². The van der Waals surface area contributed by atoms with E-state index in [0.717, 1.165) is 29.7 Å². The molecular weight excluding hydrogens is 468 g/mol. The Hall–Kier alpha value is -3.84. The molecule has 2 amide bonds. The fourth-order valence-electron chi connectivity index (χ4n) is 4.95. The Morgan fingerprint density at radius 1 is 0.838 bits per heavy atom. The molecule has 5 rings (SSSR count). The number of hydroxylamine groups is 1. The largest absolute Gasteiger partial charge is 0.490 e. The fourth-order valence-corrected chi connectivity index (χ4v) is 4.95. The van der Waals surface area contributed by atoms with E-state index in [1.54, 1.807) is 5.06 Å². The normalized spacial score (nSPS) is 20.9. The summed E-state index contributed by atoms with van der Waals surface area (Å²) in [6.07, 6.45) is 1.09. The zero-order valence-electron chi connectivity index (χ0n) is 21.2. The van der Waals surface area contributed by atoms with E-state index >= 15 is 0 Å². The SMILES string of the molecule is CCCCOc1ccc([C@@H]2[C@@H]3C(=O)N(Cc4ccccc4)C(=O)[C@H]3ON2c2ccccc2)cc1OCC. The summed E-state index contributed by atoms with van der Waals surface area (Å²) in [6, 6.07) is 24.3. The first-order chi connectivity index (χ1) is 18.1. The first-order valence-corrected chi connectivity index (χ1v) is 12.9. The topological polar surface area (TPSA) is 68.3 Å². The van der Waals surface area contributed by atoms with Crippen molar-refractivity contribution in [3.8, 4) is 11.5 Å². The molecule has 0 aliphatic carbocycles. The number of anilines is 1. The third kappa shape index (κ3) is 4.91. The van der Waals surface area contributed by atoms with E-state index in [9.17, 15) is 9.59 Å². The van der Waals surface area contributed by atoms with Gasteiger partial charge in [0.25, 0.3) is 5.91 Å². The maximum Gasteiger partial charge on any atom is 0.262 e. The third-order valence-electron chi connectivity index (χ3n) is 6.77. The predicted octanol–water partition coefficient (Wildman–Crippen LogP) is 5.31. The van der Waals surface area contributed by atoms with Crippen LogP contribution in [0.15, 0.2) is 78.9 Å². The van der Waals surface area contributed by atoms with E-state index in [0.29, 0.717) is 24.7 Å². The molecule has 0 spiro atoms. The maximum absolute atomic E-state index is 13.8. The molecule has 3 atom stereocenters. The highest BCUT2D eigenvalue weighted by Gasteiger charge is 2.59.